The number of para-hydroxylation sites is 2. The first kappa shape index (κ1) is 36.6. The van der Waals surface area contributed by atoms with Crippen LogP contribution in [0.3, 0.4) is 0 Å². The number of rotatable bonds is 11. The Bertz CT molecular complexity index is 2150. The number of ether oxygens (including phenoxy) is 2. The first-order valence-corrected chi connectivity index (χ1v) is 18.5. The average molecular weight is 723 g/mol. The van der Waals surface area contributed by atoms with Crippen LogP contribution in [-0.2, 0) is 10.1 Å². The molecule has 1 atom stereocenters. The van der Waals surface area contributed by atoms with Gasteiger partial charge in [-0.05, 0) is 96.4 Å². The van der Waals surface area contributed by atoms with Crippen molar-refractivity contribution < 1.29 is 52.0 Å². The summed E-state index contributed by atoms with van der Waals surface area (Å²) in [4.78, 5) is 6.48. The zero-order valence-electron chi connectivity index (χ0n) is 28.6. The van der Waals surface area contributed by atoms with Crippen LogP contribution in [0, 0.1) is 0 Å². The molecular formula is C41H35N2NaO5S2. The molecule has 7 nitrogen and oxygen atoms in total. The second-order valence-corrected chi connectivity index (χ2v) is 14.5. The molecule has 1 aliphatic heterocycles. The standard InChI is InChI=1S/C41H36N2O5S2.Na/c1-47-34-23-19-32(20-24-34)43(33-21-25-35(48-2)26-22-33)31-17-15-29(16-18-31)36-11-8-14-39-41(36)42(37-12-6-7-13-38(37)49-39)28-27-40(50(44,45)46)30-9-4-3-5-10-30;/h3-26,40H,27-28H2,1-2H3,(H,44,45,46);/q;+1/p-1. The second-order valence-electron chi connectivity index (χ2n) is 11.8. The van der Waals surface area contributed by atoms with E-state index in [1.54, 1.807) is 50.2 Å². The molecule has 0 aliphatic carbocycles. The van der Waals surface area contributed by atoms with Gasteiger partial charge in [0.2, 0.25) is 0 Å². The van der Waals surface area contributed by atoms with Crippen molar-refractivity contribution in [2.75, 3.05) is 30.6 Å². The summed E-state index contributed by atoms with van der Waals surface area (Å²) in [5.74, 6) is 1.55. The van der Waals surface area contributed by atoms with Gasteiger partial charge in [-0.2, -0.15) is 0 Å². The summed E-state index contributed by atoms with van der Waals surface area (Å²) >= 11 is 1.69. The van der Waals surface area contributed by atoms with Gasteiger partial charge in [0, 0.05) is 39.0 Å². The summed E-state index contributed by atoms with van der Waals surface area (Å²) in [6.45, 7) is 0.337. The van der Waals surface area contributed by atoms with Crippen LogP contribution >= 0.6 is 11.8 Å². The van der Waals surface area contributed by atoms with Crippen molar-refractivity contribution in [2.24, 2.45) is 0 Å². The van der Waals surface area contributed by atoms with Gasteiger partial charge in [0.25, 0.3) is 0 Å². The Kier molecular flexibility index (Phi) is 11.5. The maximum absolute atomic E-state index is 12.5. The summed E-state index contributed by atoms with van der Waals surface area (Å²) in [6, 6.07) is 47.5. The SMILES string of the molecule is COc1ccc(N(c2ccc(OC)cc2)c2ccc(-c3cccc4c3N(CCC(c3ccccc3)S(=O)(=O)[O-])c3ccccc3S4)cc2)cc1.[Na+]. The third-order valence-corrected chi connectivity index (χ3v) is 11.2. The zero-order chi connectivity index (χ0) is 34.7. The smallest absolute Gasteiger partial charge is 0.747 e. The van der Waals surface area contributed by atoms with Gasteiger partial charge in [-0.1, -0.05) is 78.5 Å². The molecular weight excluding hydrogens is 688 g/mol. The first-order chi connectivity index (χ1) is 24.3. The Balaban J connectivity index is 0.00000448. The normalized spacial score (nSPS) is 12.6. The summed E-state index contributed by atoms with van der Waals surface area (Å²) in [7, 11) is -1.29. The van der Waals surface area contributed by atoms with Crippen molar-refractivity contribution in [3.05, 3.63) is 151 Å². The minimum atomic E-state index is -4.60. The van der Waals surface area contributed by atoms with Gasteiger partial charge in [0.1, 0.15) is 21.6 Å². The van der Waals surface area contributed by atoms with Crippen LogP contribution in [0.2, 0.25) is 0 Å². The Morgan fingerprint density at radius 2 is 1.20 bits per heavy atom. The first-order valence-electron chi connectivity index (χ1n) is 16.2. The molecule has 51 heavy (non-hydrogen) atoms. The van der Waals surface area contributed by atoms with Crippen molar-refractivity contribution in [2.45, 2.75) is 21.5 Å². The molecule has 7 rings (SSSR count). The molecule has 0 fully saturated rings. The van der Waals surface area contributed by atoms with Gasteiger partial charge in [-0.15, -0.1) is 0 Å². The molecule has 6 aromatic rings. The maximum Gasteiger partial charge on any atom is 1.00 e. The molecule has 252 valence electrons. The Hall–Kier alpha value is -4.22. The van der Waals surface area contributed by atoms with Crippen LogP contribution < -0.4 is 48.8 Å². The fourth-order valence-electron chi connectivity index (χ4n) is 6.45. The maximum atomic E-state index is 12.5. The predicted octanol–water partition coefficient (Wildman–Crippen LogP) is 7.12. The van der Waals surface area contributed by atoms with E-state index in [9.17, 15) is 13.0 Å². The van der Waals surface area contributed by atoms with Gasteiger partial charge in [0.15, 0.2) is 0 Å². The average Bonchev–Trinajstić information content (AvgIpc) is 3.15. The minimum Gasteiger partial charge on any atom is -0.747 e. The number of hydrogen-bond acceptors (Lipinski definition) is 8. The molecule has 10 heteroatoms. The molecule has 1 unspecified atom stereocenters. The third-order valence-electron chi connectivity index (χ3n) is 8.88. The largest absolute Gasteiger partial charge is 1.00 e. The summed E-state index contributed by atoms with van der Waals surface area (Å²) in [5.41, 5.74) is 7.41. The fraction of sp³-hybridized carbons (Fsp3) is 0.122. The van der Waals surface area contributed by atoms with Crippen molar-refractivity contribution in [1.29, 1.82) is 0 Å². The molecule has 0 aromatic heterocycles. The van der Waals surface area contributed by atoms with E-state index < -0.39 is 15.4 Å². The zero-order valence-corrected chi connectivity index (χ0v) is 32.2. The molecule has 0 amide bonds. The van der Waals surface area contributed by atoms with Crippen molar-refractivity contribution in [1.82, 2.24) is 0 Å². The molecule has 0 radical (unpaired) electrons. The molecule has 0 bridgehead atoms. The van der Waals surface area contributed by atoms with Crippen molar-refractivity contribution >= 4 is 50.3 Å². The van der Waals surface area contributed by atoms with Gasteiger partial charge in [-0.3, -0.25) is 0 Å². The number of benzene rings is 6. The molecule has 0 spiro atoms. The van der Waals surface area contributed by atoms with Crippen molar-refractivity contribution in [3.8, 4) is 22.6 Å². The Morgan fingerprint density at radius 3 is 1.76 bits per heavy atom. The van der Waals surface area contributed by atoms with Crippen LogP contribution in [-0.4, -0.2) is 33.7 Å². The van der Waals surface area contributed by atoms with Crippen molar-refractivity contribution in [3.63, 3.8) is 0 Å². The molecule has 0 N–H and O–H groups in total. The molecule has 1 aliphatic rings. The predicted molar refractivity (Wildman–Crippen MR) is 201 cm³/mol. The van der Waals surface area contributed by atoms with E-state index in [1.807, 2.05) is 66.7 Å². The van der Waals surface area contributed by atoms with Gasteiger partial charge < -0.3 is 23.8 Å². The van der Waals surface area contributed by atoms with E-state index in [0.29, 0.717) is 12.1 Å². The monoisotopic (exact) mass is 722 g/mol. The van der Waals surface area contributed by atoms with Crippen LogP contribution in [0.1, 0.15) is 17.2 Å². The Labute approximate surface area is 325 Å². The number of anilines is 5. The molecule has 0 saturated heterocycles. The topological polar surface area (TPSA) is 82.1 Å². The van der Waals surface area contributed by atoms with E-state index >= 15 is 0 Å². The van der Waals surface area contributed by atoms with Gasteiger partial charge in [-0.25, -0.2) is 8.42 Å². The molecule has 1 heterocycles. The van der Waals surface area contributed by atoms with E-state index in [4.69, 9.17) is 9.47 Å². The number of methoxy groups -OCH3 is 2. The minimum absolute atomic E-state index is 0. The van der Waals surface area contributed by atoms with Crippen LogP contribution in [0.15, 0.2) is 155 Å². The number of fused-ring (bicyclic) bond motifs is 2. The van der Waals surface area contributed by atoms with E-state index in [-0.39, 0.29) is 36.0 Å². The van der Waals surface area contributed by atoms with E-state index in [2.05, 4.69) is 64.4 Å². The third kappa shape index (κ3) is 7.84. The molecule has 0 saturated carbocycles. The summed E-state index contributed by atoms with van der Waals surface area (Å²) < 4.78 is 48.5. The van der Waals surface area contributed by atoms with Crippen LogP contribution in [0.4, 0.5) is 28.4 Å². The molecule has 6 aromatic carbocycles. The fourth-order valence-corrected chi connectivity index (χ4v) is 8.46. The summed E-state index contributed by atoms with van der Waals surface area (Å²) in [5, 5.41) is -1.16. The van der Waals surface area contributed by atoms with Crippen LogP contribution in [0.5, 0.6) is 11.5 Å². The second kappa shape index (κ2) is 16.0. The summed E-state index contributed by atoms with van der Waals surface area (Å²) in [6.07, 6.45) is 0.139. The van der Waals surface area contributed by atoms with Crippen LogP contribution in [0.25, 0.3) is 11.1 Å². The quantitative estimate of drug-likeness (QED) is 0.103. The van der Waals surface area contributed by atoms with E-state index in [1.165, 1.54) is 0 Å². The number of hydrogen-bond donors (Lipinski definition) is 0. The van der Waals surface area contributed by atoms with Gasteiger partial charge in [0.05, 0.1) is 30.8 Å². The number of nitrogens with zero attached hydrogens (tertiary/aromatic N) is 2. The van der Waals surface area contributed by atoms with Gasteiger partial charge >= 0.3 is 29.6 Å². The van der Waals surface area contributed by atoms with E-state index in [0.717, 1.165) is 60.9 Å². The Morgan fingerprint density at radius 1 is 0.667 bits per heavy atom.